The second kappa shape index (κ2) is 8.21. The normalized spacial score (nSPS) is 17.2. The summed E-state index contributed by atoms with van der Waals surface area (Å²) in [6.45, 7) is 1.91. The van der Waals surface area contributed by atoms with Gasteiger partial charge in [-0.2, -0.15) is 0 Å². The number of benzene rings is 1. The Bertz CT molecular complexity index is 906. The molecular weight excluding hydrogens is 372 g/mol. The van der Waals surface area contributed by atoms with Crippen LogP contribution in [0.15, 0.2) is 70.0 Å². The lowest BCUT2D eigenvalue weighted by Gasteiger charge is -2.03. The summed E-state index contributed by atoms with van der Waals surface area (Å²) in [4.78, 5) is 21.3. The van der Waals surface area contributed by atoms with Gasteiger partial charge in [-0.05, 0) is 48.9 Å². The largest absolute Gasteiger partial charge is 0.506 e. The highest BCUT2D eigenvalue weighted by Gasteiger charge is 2.33. The number of halogens is 1. The predicted molar refractivity (Wildman–Crippen MR) is 105 cm³/mol. The molecule has 0 radical (unpaired) electrons. The number of aromatic nitrogens is 1. The maximum Gasteiger partial charge on any atom is 0.344 e. The average Bonchev–Trinajstić information content (AvgIpc) is 2.93. The lowest BCUT2D eigenvalue weighted by Crippen LogP contribution is -2.12. The Morgan fingerprint density at radius 1 is 1.35 bits per heavy atom. The number of pyridine rings is 1. The Morgan fingerprint density at radius 2 is 2.12 bits per heavy atom. The summed E-state index contributed by atoms with van der Waals surface area (Å²) >= 11 is 7.09. The molecule has 0 saturated heterocycles. The zero-order valence-electron chi connectivity index (χ0n) is 13.8. The van der Waals surface area contributed by atoms with Crippen molar-refractivity contribution in [3.8, 4) is 0 Å². The van der Waals surface area contributed by atoms with Crippen LogP contribution in [0.25, 0.3) is 6.08 Å². The Kier molecular flexibility index (Phi) is 5.75. The molecule has 1 aromatic heterocycles. The highest BCUT2D eigenvalue weighted by Crippen LogP contribution is 2.40. The fourth-order valence-electron chi connectivity index (χ4n) is 2.24. The number of ether oxygens (including phenoxy) is 1. The van der Waals surface area contributed by atoms with Crippen LogP contribution in [-0.2, 0) is 9.53 Å². The minimum Gasteiger partial charge on any atom is -0.506 e. The molecule has 0 amide bonds. The van der Waals surface area contributed by atoms with Gasteiger partial charge in [-0.25, -0.2) is 9.79 Å². The number of aliphatic hydroxyl groups excluding tert-OH is 1. The fourth-order valence-corrected chi connectivity index (χ4v) is 3.40. The van der Waals surface area contributed by atoms with Gasteiger partial charge in [-0.15, -0.1) is 0 Å². The van der Waals surface area contributed by atoms with Gasteiger partial charge in [0.2, 0.25) is 0 Å². The second-order valence-electron chi connectivity index (χ2n) is 5.23. The number of thioether (sulfide) groups is 1. The van der Waals surface area contributed by atoms with Crippen molar-refractivity contribution < 1.29 is 14.6 Å². The molecule has 0 unspecified atom stereocenters. The topological polar surface area (TPSA) is 71.8 Å². The van der Waals surface area contributed by atoms with Crippen LogP contribution in [0.5, 0.6) is 0 Å². The molecule has 1 N–H and O–H groups in total. The average molecular weight is 387 g/mol. The van der Waals surface area contributed by atoms with E-state index >= 15 is 0 Å². The van der Waals surface area contributed by atoms with E-state index < -0.39 is 5.97 Å². The van der Waals surface area contributed by atoms with E-state index in [0.717, 1.165) is 5.56 Å². The highest BCUT2D eigenvalue weighted by atomic mass is 35.5. The zero-order valence-corrected chi connectivity index (χ0v) is 15.4. The summed E-state index contributed by atoms with van der Waals surface area (Å²) in [5.41, 5.74) is 1.48. The highest BCUT2D eigenvalue weighted by molar-refractivity contribution is 8.18. The monoisotopic (exact) mass is 386 g/mol. The van der Waals surface area contributed by atoms with E-state index in [0.29, 0.717) is 20.7 Å². The van der Waals surface area contributed by atoms with Crippen molar-refractivity contribution in [3.63, 3.8) is 0 Å². The third-order valence-electron chi connectivity index (χ3n) is 3.41. The molecule has 0 saturated carbocycles. The molecule has 1 aliphatic heterocycles. The van der Waals surface area contributed by atoms with Crippen molar-refractivity contribution in [2.45, 2.75) is 6.92 Å². The summed E-state index contributed by atoms with van der Waals surface area (Å²) < 4.78 is 5.07. The van der Waals surface area contributed by atoms with Crippen LogP contribution < -0.4 is 0 Å². The smallest absolute Gasteiger partial charge is 0.344 e. The van der Waals surface area contributed by atoms with E-state index in [1.807, 2.05) is 6.07 Å². The van der Waals surface area contributed by atoms with Crippen molar-refractivity contribution in [1.29, 1.82) is 0 Å². The van der Waals surface area contributed by atoms with Gasteiger partial charge >= 0.3 is 5.97 Å². The Labute approximate surface area is 160 Å². The molecule has 132 valence electrons. The van der Waals surface area contributed by atoms with Crippen molar-refractivity contribution in [3.05, 3.63) is 75.6 Å². The summed E-state index contributed by atoms with van der Waals surface area (Å²) in [6, 6.07) is 10.5. The first kappa shape index (κ1) is 18.2. The van der Waals surface area contributed by atoms with Crippen LogP contribution in [-0.4, -0.2) is 27.7 Å². The van der Waals surface area contributed by atoms with Crippen molar-refractivity contribution >= 4 is 46.1 Å². The van der Waals surface area contributed by atoms with Crippen LogP contribution >= 0.6 is 23.4 Å². The minimum absolute atomic E-state index is 0.0574. The third-order valence-corrected chi connectivity index (χ3v) is 4.68. The molecule has 2 heterocycles. The molecule has 5 nitrogen and oxygen atoms in total. The maximum absolute atomic E-state index is 12.3. The van der Waals surface area contributed by atoms with Crippen molar-refractivity contribution in [1.82, 2.24) is 4.98 Å². The van der Waals surface area contributed by atoms with E-state index in [-0.39, 0.29) is 17.9 Å². The number of aliphatic imine (C=N–C) groups is 1. The molecule has 3 rings (SSSR count). The van der Waals surface area contributed by atoms with Gasteiger partial charge < -0.3 is 9.84 Å². The van der Waals surface area contributed by atoms with Crippen LogP contribution in [0, 0.1) is 0 Å². The summed E-state index contributed by atoms with van der Waals surface area (Å²) in [7, 11) is 0. The standard InChI is InChI=1S/C19H15ClN2O3S/c1-2-25-19(24)16-17(23)15(10-12-4-3-9-21-11-12)26-18(16)22-14-7-5-13(20)6-8-14/h3-11,23H,2H2,1H3/b15-10-,22-18?. The molecule has 7 heteroatoms. The van der Waals surface area contributed by atoms with Crippen LogP contribution in [0.2, 0.25) is 5.02 Å². The Morgan fingerprint density at radius 3 is 2.77 bits per heavy atom. The molecule has 0 atom stereocenters. The second-order valence-corrected chi connectivity index (χ2v) is 6.70. The number of rotatable bonds is 4. The number of nitrogens with zero attached hydrogens (tertiary/aromatic N) is 2. The Hall–Kier alpha value is -2.57. The molecule has 0 spiro atoms. The van der Waals surface area contributed by atoms with Crippen LogP contribution in [0.4, 0.5) is 5.69 Å². The molecule has 0 bridgehead atoms. The predicted octanol–water partition coefficient (Wildman–Crippen LogP) is 4.93. The van der Waals surface area contributed by atoms with E-state index in [1.165, 1.54) is 11.8 Å². The number of esters is 1. The SMILES string of the molecule is CCOC(=O)C1=C(O)/C(=C/c2cccnc2)SC1=Nc1ccc(Cl)cc1. The molecular formula is C19H15ClN2O3S. The molecule has 1 aliphatic rings. The number of carbonyl (C=O) groups is 1. The minimum atomic E-state index is -0.611. The van der Waals surface area contributed by atoms with E-state index in [2.05, 4.69) is 9.98 Å². The molecule has 1 aromatic carbocycles. The number of hydrogen-bond donors (Lipinski definition) is 1. The molecule has 0 fully saturated rings. The quantitative estimate of drug-likeness (QED) is 0.754. The van der Waals surface area contributed by atoms with Gasteiger partial charge in [-0.1, -0.05) is 29.4 Å². The first-order valence-electron chi connectivity index (χ1n) is 7.83. The number of aliphatic hydroxyl groups is 1. The van der Waals surface area contributed by atoms with Gasteiger partial charge in [-0.3, -0.25) is 4.98 Å². The van der Waals surface area contributed by atoms with Gasteiger partial charge in [0.15, 0.2) is 0 Å². The number of hydrogen-bond acceptors (Lipinski definition) is 6. The molecule has 2 aromatic rings. The lowest BCUT2D eigenvalue weighted by molar-refractivity contribution is -0.138. The van der Waals surface area contributed by atoms with Crippen molar-refractivity contribution in [2.75, 3.05) is 6.61 Å². The molecule has 26 heavy (non-hydrogen) atoms. The Balaban J connectivity index is 2.02. The van der Waals surface area contributed by atoms with E-state index in [1.54, 1.807) is 55.7 Å². The van der Waals surface area contributed by atoms with E-state index in [9.17, 15) is 9.90 Å². The van der Waals surface area contributed by atoms with Gasteiger partial charge in [0.25, 0.3) is 0 Å². The number of carbonyl (C=O) groups excluding carboxylic acids is 1. The summed E-state index contributed by atoms with van der Waals surface area (Å²) in [5.74, 6) is -0.759. The van der Waals surface area contributed by atoms with Gasteiger partial charge in [0.1, 0.15) is 16.4 Å². The third kappa shape index (κ3) is 4.15. The fraction of sp³-hybridized carbons (Fsp3) is 0.105. The zero-order chi connectivity index (χ0) is 18.5. The van der Waals surface area contributed by atoms with E-state index in [4.69, 9.17) is 16.3 Å². The van der Waals surface area contributed by atoms with Gasteiger partial charge in [0.05, 0.1) is 17.2 Å². The van der Waals surface area contributed by atoms with Crippen LogP contribution in [0.1, 0.15) is 12.5 Å². The van der Waals surface area contributed by atoms with Gasteiger partial charge in [0, 0.05) is 17.4 Å². The lowest BCUT2D eigenvalue weighted by atomic mass is 10.2. The summed E-state index contributed by atoms with van der Waals surface area (Å²) in [5, 5.41) is 11.5. The maximum atomic E-state index is 12.3. The summed E-state index contributed by atoms with van der Waals surface area (Å²) in [6.07, 6.45) is 5.08. The van der Waals surface area contributed by atoms with Crippen LogP contribution in [0.3, 0.4) is 0 Å². The van der Waals surface area contributed by atoms with Crippen molar-refractivity contribution in [2.24, 2.45) is 4.99 Å². The molecule has 0 aliphatic carbocycles. The first-order valence-corrected chi connectivity index (χ1v) is 9.03. The first-order chi connectivity index (χ1) is 12.6.